The van der Waals surface area contributed by atoms with Gasteiger partial charge < -0.3 is 10.3 Å². The topological polar surface area (TPSA) is 43.8 Å². The normalized spacial score (nSPS) is 10.6. The van der Waals surface area contributed by atoms with Gasteiger partial charge in [0.15, 0.2) is 5.16 Å². The Labute approximate surface area is 104 Å². The Kier molecular flexibility index (Phi) is 3.41. The van der Waals surface area contributed by atoms with Gasteiger partial charge in [0.25, 0.3) is 0 Å². The summed E-state index contributed by atoms with van der Waals surface area (Å²) >= 11 is 7.49. The molecule has 0 saturated carbocycles. The molecule has 1 heterocycles. The molecule has 0 spiro atoms. The van der Waals surface area contributed by atoms with E-state index in [1.165, 1.54) is 0 Å². The zero-order valence-electron chi connectivity index (χ0n) is 8.85. The molecule has 0 aliphatic rings. The number of anilines is 1. The molecule has 1 aromatic heterocycles. The van der Waals surface area contributed by atoms with Crippen LogP contribution in [-0.4, -0.2) is 9.55 Å². The summed E-state index contributed by atoms with van der Waals surface area (Å²) in [7, 11) is 1.97. The number of nitrogen functional groups attached to an aromatic ring is 1. The first-order valence-electron chi connectivity index (χ1n) is 4.81. The van der Waals surface area contributed by atoms with Crippen LogP contribution < -0.4 is 5.73 Å². The summed E-state index contributed by atoms with van der Waals surface area (Å²) in [5, 5.41) is 1.65. The standard InChI is InChI=1S/C11H12ClN3S/c1-15-5-4-14-11(15)16-7-8-2-3-9(12)6-10(8)13/h2-6H,7,13H2,1H3. The highest BCUT2D eigenvalue weighted by Crippen LogP contribution is 2.25. The SMILES string of the molecule is Cn1ccnc1SCc1ccc(Cl)cc1N. The molecule has 0 unspecified atom stereocenters. The maximum atomic E-state index is 5.87. The molecule has 0 saturated heterocycles. The Morgan fingerprint density at radius 2 is 2.31 bits per heavy atom. The van der Waals surface area contributed by atoms with E-state index in [1.54, 1.807) is 24.0 Å². The van der Waals surface area contributed by atoms with Gasteiger partial charge in [-0.25, -0.2) is 4.98 Å². The Morgan fingerprint density at radius 1 is 1.50 bits per heavy atom. The van der Waals surface area contributed by atoms with Gasteiger partial charge in [-0.1, -0.05) is 29.4 Å². The third kappa shape index (κ3) is 2.51. The summed E-state index contributed by atoms with van der Waals surface area (Å²) in [4.78, 5) is 4.24. The van der Waals surface area contributed by atoms with Gasteiger partial charge >= 0.3 is 0 Å². The van der Waals surface area contributed by atoms with Crippen LogP contribution >= 0.6 is 23.4 Å². The number of hydrogen-bond donors (Lipinski definition) is 1. The second-order valence-electron chi connectivity index (χ2n) is 3.45. The Morgan fingerprint density at radius 3 is 2.94 bits per heavy atom. The highest BCUT2D eigenvalue weighted by Gasteiger charge is 2.04. The molecule has 2 rings (SSSR count). The highest BCUT2D eigenvalue weighted by molar-refractivity contribution is 7.98. The lowest BCUT2D eigenvalue weighted by Gasteiger charge is -2.05. The number of aryl methyl sites for hydroxylation is 1. The minimum absolute atomic E-state index is 0.670. The fourth-order valence-electron chi connectivity index (χ4n) is 1.33. The van der Waals surface area contributed by atoms with Crippen LogP contribution in [0.5, 0.6) is 0 Å². The lowest BCUT2D eigenvalue weighted by Crippen LogP contribution is -1.94. The van der Waals surface area contributed by atoms with E-state index in [2.05, 4.69) is 4.98 Å². The molecule has 2 N–H and O–H groups in total. The van der Waals surface area contributed by atoms with Crippen molar-refractivity contribution in [2.75, 3.05) is 5.73 Å². The maximum absolute atomic E-state index is 5.87. The molecule has 0 fully saturated rings. The Hall–Kier alpha value is -1.13. The average Bonchev–Trinajstić information content (AvgIpc) is 2.63. The summed E-state index contributed by atoms with van der Waals surface area (Å²) < 4.78 is 1.98. The number of thioether (sulfide) groups is 1. The molecule has 5 heteroatoms. The predicted molar refractivity (Wildman–Crippen MR) is 68.6 cm³/mol. The highest BCUT2D eigenvalue weighted by atomic mass is 35.5. The van der Waals surface area contributed by atoms with Crippen LogP contribution in [0.25, 0.3) is 0 Å². The zero-order valence-corrected chi connectivity index (χ0v) is 10.4. The van der Waals surface area contributed by atoms with Gasteiger partial charge in [0.1, 0.15) is 0 Å². The molecule has 84 valence electrons. The molecule has 1 aromatic carbocycles. The van der Waals surface area contributed by atoms with E-state index < -0.39 is 0 Å². The van der Waals surface area contributed by atoms with Crippen molar-refractivity contribution < 1.29 is 0 Å². The summed E-state index contributed by atoms with van der Waals surface area (Å²) in [6.07, 6.45) is 3.71. The number of imidazole rings is 1. The third-order valence-electron chi connectivity index (χ3n) is 2.24. The van der Waals surface area contributed by atoms with Crippen molar-refractivity contribution in [3.8, 4) is 0 Å². The molecule has 2 aromatic rings. The quantitative estimate of drug-likeness (QED) is 0.676. The minimum Gasteiger partial charge on any atom is -0.398 e. The summed E-state index contributed by atoms with van der Waals surface area (Å²) in [5.41, 5.74) is 7.69. The number of nitrogens with zero attached hydrogens (tertiary/aromatic N) is 2. The second kappa shape index (κ2) is 4.80. The predicted octanol–water partition coefficient (Wildman–Crippen LogP) is 2.95. The summed E-state index contributed by atoms with van der Waals surface area (Å²) in [6.45, 7) is 0. The van der Waals surface area contributed by atoms with Crippen molar-refractivity contribution in [3.05, 3.63) is 41.2 Å². The Balaban J connectivity index is 2.08. The molecule has 0 atom stereocenters. The van der Waals surface area contributed by atoms with Crippen LogP contribution in [0, 0.1) is 0 Å². The summed E-state index contributed by atoms with van der Waals surface area (Å²) in [5.74, 6) is 0.799. The number of nitrogens with two attached hydrogens (primary N) is 1. The van der Waals surface area contributed by atoms with Gasteiger partial charge in [0.05, 0.1) is 0 Å². The maximum Gasteiger partial charge on any atom is 0.167 e. The minimum atomic E-state index is 0.670. The first-order valence-corrected chi connectivity index (χ1v) is 6.17. The summed E-state index contributed by atoms with van der Waals surface area (Å²) in [6, 6.07) is 5.58. The third-order valence-corrected chi connectivity index (χ3v) is 3.58. The average molecular weight is 254 g/mol. The molecule has 0 aliphatic heterocycles. The number of benzene rings is 1. The molecule has 0 amide bonds. The van der Waals surface area contributed by atoms with Crippen molar-refractivity contribution >= 4 is 29.1 Å². The largest absolute Gasteiger partial charge is 0.398 e. The van der Waals surface area contributed by atoms with Gasteiger partial charge in [0.2, 0.25) is 0 Å². The van der Waals surface area contributed by atoms with Crippen molar-refractivity contribution in [2.45, 2.75) is 10.9 Å². The van der Waals surface area contributed by atoms with Crippen molar-refractivity contribution in [1.29, 1.82) is 0 Å². The zero-order chi connectivity index (χ0) is 11.5. The molecule has 3 nitrogen and oxygen atoms in total. The van der Waals surface area contributed by atoms with Crippen LogP contribution in [0.2, 0.25) is 5.02 Å². The van der Waals surface area contributed by atoms with Crippen LogP contribution in [0.3, 0.4) is 0 Å². The lowest BCUT2D eigenvalue weighted by molar-refractivity contribution is 0.790. The van der Waals surface area contributed by atoms with Gasteiger partial charge in [-0.15, -0.1) is 0 Å². The van der Waals surface area contributed by atoms with E-state index in [-0.39, 0.29) is 0 Å². The van der Waals surface area contributed by atoms with Gasteiger partial charge in [0, 0.05) is 35.9 Å². The van der Waals surface area contributed by atoms with E-state index in [9.17, 15) is 0 Å². The van der Waals surface area contributed by atoms with Gasteiger partial charge in [-0.2, -0.15) is 0 Å². The van der Waals surface area contributed by atoms with E-state index in [1.807, 2.05) is 29.9 Å². The fourth-order valence-corrected chi connectivity index (χ4v) is 2.46. The van der Waals surface area contributed by atoms with Crippen LogP contribution in [-0.2, 0) is 12.8 Å². The number of hydrogen-bond acceptors (Lipinski definition) is 3. The molecule has 0 aliphatic carbocycles. The van der Waals surface area contributed by atoms with Gasteiger partial charge in [-0.05, 0) is 17.7 Å². The van der Waals surface area contributed by atoms with Crippen LogP contribution in [0.1, 0.15) is 5.56 Å². The molecular formula is C11H12ClN3S. The number of halogens is 1. The fraction of sp³-hybridized carbons (Fsp3) is 0.182. The van der Waals surface area contributed by atoms with E-state index in [4.69, 9.17) is 17.3 Å². The van der Waals surface area contributed by atoms with Crippen molar-refractivity contribution in [1.82, 2.24) is 9.55 Å². The van der Waals surface area contributed by atoms with Crippen LogP contribution in [0.15, 0.2) is 35.7 Å². The van der Waals surface area contributed by atoms with E-state index in [0.29, 0.717) is 5.02 Å². The van der Waals surface area contributed by atoms with E-state index >= 15 is 0 Å². The van der Waals surface area contributed by atoms with Gasteiger partial charge in [-0.3, -0.25) is 0 Å². The molecule has 0 radical (unpaired) electrons. The number of rotatable bonds is 3. The Bertz CT molecular complexity index is 496. The number of aromatic nitrogens is 2. The first kappa shape index (κ1) is 11.4. The first-order chi connectivity index (χ1) is 7.66. The van der Waals surface area contributed by atoms with Crippen molar-refractivity contribution in [3.63, 3.8) is 0 Å². The monoisotopic (exact) mass is 253 g/mol. The van der Waals surface area contributed by atoms with E-state index in [0.717, 1.165) is 22.2 Å². The lowest BCUT2D eigenvalue weighted by atomic mass is 10.2. The second-order valence-corrected chi connectivity index (χ2v) is 4.83. The smallest absolute Gasteiger partial charge is 0.167 e. The van der Waals surface area contributed by atoms with Crippen molar-refractivity contribution in [2.24, 2.45) is 7.05 Å². The molecular weight excluding hydrogens is 242 g/mol. The molecule has 0 bridgehead atoms. The molecule has 16 heavy (non-hydrogen) atoms. The van der Waals surface area contributed by atoms with Crippen LogP contribution in [0.4, 0.5) is 5.69 Å².